The fourth-order valence-electron chi connectivity index (χ4n) is 4.49. The molecule has 1 heterocycles. The molecule has 4 rings (SSSR count). The predicted octanol–water partition coefficient (Wildman–Crippen LogP) is 7.67. The number of amides is 1. The maximum atomic E-state index is 14.0. The summed E-state index contributed by atoms with van der Waals surface area (Å²) in [4.78, 5) is 14.0. The van der Waals surface area contributed by atoms with E-state index < -0.39 is 5.92 Å². The van der Waals surface area contributed by atoms with Gasteiger partial charge >= 0.3 is 0 Å². The number of nitrogens with one attached hydrogen (secondary N) is 1. The van der Waals surface area contributed by atoms with E-state index in [2.05, 4.69) is 79.3 Å². The maximum Gasteiger partial charge on any atom is 0.236 e. The van der Waals surface area contributed by atoms with Gasteiger partial charge in [0.1, 0.15) is 12.4 Å². The molecule has 0 radical (unpaired) electrons. The number of halogens is 1. The molecular formula is C28H30BrNO2. The fraction of sp³-hybridized carbons (Fsp3) is 0.321. The topological polar surface area (TPSA) is 38.3 Å². The van der Waals surface area contributed by atoms with Crippen molar-refractivity contribution in [2.45, 2.75) is 59.0 Å². The minimum atomic E-state index is -0.458. The minimum Gasteiger partial charge on any atom is -0.489 e. The second-order valence-corrected chi connectivity index (χ2v) is 10.1. The minimum absolute atomic E-state index is 0.0308. The summed E-state index contributed by atoms with van der Waals surface area (Å²) in [6, 6.07) is 18.5. The molecule has 1 unspecified atom stereocenters. The van der Waals surface area contributed by atoms with Gasteiger partial charge in [0.05, 0.1) is 5.92 Å². The SMILES string of the molecule is Cc1ccc2c(c1)C(C(=O)Nc1c(C(C)C)cccc1C(C)C)c1cc(Br)ccc1CO2. The van der Waals surface area contributed by atoms with Crippen molar-refractivity contribution in [2.75, 3.05) is 5.32 Å². The van der Waals surface area contributed by atoms with Gasteiger partial charge in [0, 0.05) is 15.7 Å². The fourth-order valence-corrected chi connectivity index (χ4v) is 4.87. The number of hydrogen-bond donors (Lipinski definition) is 1. The van der Waals surface area contributed by atoms with Crippen LogP contribution in [0.15, 0.2) is 59.1 Å². The van der Waals surface area contributed by atoms with Gasteiger partial charge in [-0.3, -0.25) is 4.79 Å². The van der Waals surface area contributed by atoms with Crippen LogP contribution in [-0.4, -0.2) is 5.91 Å². The Hall–Kier alpha value is -2.59. The van der Waals surface area contributed by atoms with E-state index in [9.17, 15) is 4.79 Å². The number of aryl methyl sites for hydroxylation is 1. The Labute approximate surface area is 199 Å². The monoisotopic (exact) mass is 491 g/mol. The Balaban J connectivity index is 1.87. The molecule has 3 aromatic rings. The van der Waals surface area contributed by atoms with Crippen molar-refractivity contribution in [1.82, 2.24) is 0 Å². The van der Waals surface area contributed by atoms with Crippen LogP contribution in [0.5, 0.6) is 5.75 Å². The molecule has 32 heavy (non-hydrogen) atoms. The van der Waals surface area contributed by atoms with E-state index in [0.29, 0.717) is 18.4 Å². The standard InChI is InChI=1S/C28H30BrNO2/c1-16(2)21-7-6-8-22(17(3)4)27(21)30-28(31)26-23-14-20(29)11-10-19(23)15-32-25-12-9-18(5)13-24(25)26/h6-14,16-17,26H,15H2,1-5H3,(H,30,31). The molecule has 3 nitrogen and oxygen atoms in total. The highest BCUT2D eigenvalue weighted by atomic mass is 79.9. The van der Waals surface area contributed by atoms with Crippen molar-refractivity contribution >= 4 is 27.5 Å². The highest BCUT2D eigenvalue weighted by Gasteiger charge is 2.32. The predicted molar refractivity (Wildman–Crippen MR) is 135 cm³/mol. The first-order valence-corrected chi connectivity index (χ1v) is 12.0. The summed E-state index contributed by atoms with van der Waals surface area (Å²) in [6.45, 7) is 11.2. The smallest absolute Gasteiger partial charge is 0.236 e. The third-order valence-electron chi connectivity index (χ3n) is 6.16. The zero-order chi connectivity index (χ0) is 23.0. The Morgan fingerprint density at radius 1 is 0.969 bits per heavy atom. The van der Waals surface area contributed by atoms with Crippen molar-refractivity contribution < 1.29 is 9.53 Å². The molecule has 0 saturated carbocycles. The number of ether oxygens (including phenoxy) is 1. The zero-order valence-corrected chi connectivity index (χ0v) is 20.9. The summed E-state index contributed by atoms with van der Waals surface area (Å²) in [7, 11) is 0. The Morgan fingerprint density at radius 3 is 2.31 bits per heavy atom. The molecule has 1 amide bonds. The van der Waals surface area contributed by atoms with E-state index >= 15 is 0 Å². The molecule has 1 aliphatic rings. The Kier molecular flexibility index (Phi) is 6.43. The van der Waals surface area contributed by atoms with Crippen LogP contribution in [0.4, 0.5) is 5.69 Å². The van der Waals surface area contributed by atoms with Crippen LogP contribution in [-0.2, 0) is 11.4 Å². The van der Waals surface area contributed by atoms with Crippen LogP contribution in [0.2, 0.25) is 0 Å². The number of hydrogen-bond acceptors (Lipinski definition) is 2. The van der Waals surface area contributed by atoms with Gasteiger partial charge in [-0.05, 0) is 59.2 Å². The summed E-state index contributed by atoms with van der Waals surface area (Å²) in [5, 5.41) is 3.35. The third kappa shape index (κ3) is 4.33. The molecule has 0 saturated heterocycles. The second kappa shape index (κ2) is 9.11. The first kappa shape index (κ1) is 22.6. The van der Waals surface area contributed by atoms with E-state index in [0.717, 1.165) is 49.3 Å². The normalized spacial score (nSPS) is 15.1. The van der Waals surface area contributed by atoms with Gasteiger partial charge < -0.3 is 10.1 Å². The van der Waals surface area contributed by atoms with Gasteiger partial charge in [-0.1, -0.05) is 85.6 Å². The van der Waals surface area contributed by atoms with Crippen LogP contribution in [0, 0.1) is 6.92 Å². The lowest BCUT2D eigenvalue weighted by molar-refractivity contribution is -0.116. The van der Waals surface area contributed by atoms with Crippen molar-refractivity contribution in [2.24, 2.45) is 0 Å². The van der Waals surface area contributed by atoms with Crippen molar-refractivity contribution in [3.63, 3.8) is 0 Å². The molecule has 0 bridgehead atoms. The van der Waals surface area contributed by atoms with Gasteiger partial charge in [0.2, 0.25) is 5.91 Å². The molecule has 0 spiro atoms. The molecule has 3 aromatic carbocycles. The lowest BCUT2D eigenvalue weighted by atomic mass is 9.86. The van der Waals surface area contributed by atoms with Gasteiger partial charge in [-0.15, -0.1) is 0 Å². The molecule has 1 atom stereocenters. The highest BCUT2D eigenvalue weighted by molar-refractivity contribution is 9.10. The lowest BCUT2D eigenvalue weighted by Crippen LogP contribution is -2.24. The molecule has 0 aliphatic carbocycles. The summed E-state index contributed by atoms with van der Waals surface area (Å²) < 4.78 is 7.08. The summed E-state index contributed by atoms with van der Waals surface area (Å²) >= 11 is 3.60. The largest absolute Gasteiger partial charge is 0.489 e. The van der Waals surface area contributed by atoms with Crippen LogP contribution in [0.3, 0.4) is 0 Å². The molecule has 1 aliphatic heterocycles. The van der Waals surface area contributed by atoms with E-state index in [-0.39, 0.29) is 5.91 Å². The van der Waals surface area contributed by atoms with E-state index in [4.69, 9.17) is 4.74 Å². The number of rotatable bonds is 4. The molecular weight excluding hydrogens is 462 g/mol. The van der Waals surface area contributed by atoms with Crippen LogP contribution in [0.25, 0.3) is 0 Å². The van der Waals surface area contributed by atoms with Gasteiger partial charge in [0.25, 0.3) is 0 Å². The molecule has 0 fully saturated rings. The summed E-state index contributed by atoms with van der Waals surface area (Å²) in [5.74, 6) is 0.885. The summed E-state index contributed by atoms with van der Waals surface area (Å²) in [6.07, 6.45) is 0. The van der Waals surface area contributed by atoms with Gasteiger partial charge in [0.15, 0.2) is 0 Å². The van der Waals surface area contributed by atoms with Gasteiger partial charge in [-0.2, -0.15) is 0 Å². The Bertz CT molecular complexity index is 1090. The number of para-hydroxylation sites is 1. The number of carbonyl (C=O) groups is 1. The Morgan fingerprint density at radius 2 is 1.66 bits per heavy atom. The average Bonchev–Trinajstić information content (AvgIpc) is 2.89. The molecule has 4 heteroatoms. The first-order valence-electron chi connectivity index (χ1n) is 11.2. The lowest BCUT2D eigenvalue weighted by Gasteiger charge is -2.24. The van der Waals surface area contributed by atoms with E-state index in [1.165, 1.54) is 0 Å². The molecule has 166 valence electrons. The second-order valence-electron chi connectivity index (χ2n) is 9.22. The van der Waals surface area contributed by atoms with Crippen LogP contribution >= 0.6 is 15.9 Å². The third-order valence-corrected chi connectivity index (χ3v) is 6.65. The zero-order valence-electron chi connectivity index (χ0n) is 19.3. The number of fused-ring (bicyclic) bond motifs is 2. The highest BCUT2D eigenvalue weighted by Crippen LogP contribution is 2.41. The quantitative estimate of drug-likeness (QED) is 0.406. The van der Waals surface area contributed by atoms with Crippen LogP contribution < -0.4 is 10.1 Å². The number of carbonyl (C=O) groups excluding carboxylic acids is 1. The van der Waals surface area contributed by atoms with Crippen molar-refractivity contribution in [3.05, 3.63) is 92.5 Å². The number of benzene rings is 3. The van der Waals surface area contributed by atoms with E-state index in [1.807, 2.05) is 31.2 Å². The molecule has 1 N–H and O–H groups in total. The van der Waals surface area contributed by atoms with Crippen LogP contribution in [0.1, 0.15) is 78.8 Å². The van der Waals surface area contributed by atoms with Crippen molar-refractivity contribution in [3.8, 4) is 5.75 Å². The number of anilines is 1. The molecule has 0 aromatic heterocycles. The average molecular weight is 492 g/mol. The maximum absolute atomic E-state index is 14.0. The van der Waals surface area contributed by atoms with E-state index in [1.54, 1.807) is 0 Å². The summed E-state index contributed by atoms with van der Waals surface area (Å²) in [5.41, 5.74) is 7.29. The first-order chi connectivity index (χ1) is 15.3. The van der Waals surface area contributed by atoms with Gasteiger partial charge in [-0.25, -0.2) is 0 Å². The van der Waals surface area contributed by atoms with Crippen molar-refractivity contribution in [1.29, 1.82) is 0 Å².